The van der Waals surface area contributed by atoms with E-state index in [2.05, 4.69) is 38.4 Å². The van der Waals surface area contributed by atoms with Gasteiger partial charge in [0, 0.05) is 42.8 Å². The molecule has 1 atom stereocenters. The zero-order valence-electron chi connectivity index (χ0n) is 18.0. The lowest BCUT2D eigenvalue weighted by Crippen LogP contribution is -2.35. The highest BCUT2D eigenvalue weighted by Crippen LogP contribution is 2.30. The Kier molecular flexibility index (Phi) is 5.90. The third-order valence-electron chi connectivity index (χ3n) is 6.55. The minimum absolute atomic E-state index is 0.124. The molecule has 2 aliphatic rings. The molecule has 1 aliphatic heterocycles. The van der Waals surface area contributed by atoms with Crippen molar-refractivity contribution in [1.29, 1.82) is 0 Å². The Morgan fingerprint density at radius 3 is 2.84 bits per heavy atom. The molecule has 5 rings (SSSR count). The Morgan fingerprint density at radius 2 is 2.09 bits per heavy atom. The topological polar surface area (TPSA) is 65.4 Å². The van der Waals surface area contributed by atoms with Crippen LogP contribution in [0, 0.1) is 5.92 Å². The van der Waals surface area contributed by atoms with Crippen LogP contribution in [0.2, 0.25) is 0 Å². The van der Waals surface area contributed by atoms with Gasteiger partial charge in [-0.3, -0.25) is 9.20 Å². The standard InChI is InChI=1S/C25H28FN5O/c26-10-15-30-13-8-19(9-14-30)18-1-3-21(4-2-18)29-22-5-6-23(31-16-12-28-25(22)31)20-7-11-27-24(32)17-20/h1-3,5-7,11-12,16-17,19,21,29H,4,8-10,13-15H2,(H,27,32). The average molecular weight is 434 g/mol. The number of likely N-dealkylation sites (tertiary alicyclic amines) is 1. The number of aromatic nitrogens is 3. The van der Waals surface area contributed by atoms with E-state index in [1.165, 1.54) is 5.57 Å². The lowest BCUT2D eigenvalue weighted by molar-refractivity contribution is 0.186. The number of halogens is 1. The van der Waals surface area contributed by atoms with Gasteiger partial charge in [0.1, 0.15) is 6.67 Å². The molecule has 1 saturated heterocycles. The monoisotopic (exact) mass is 433 g/mol. The lowest BCUT2D eigenvalue weighted by Gasteiger charge is -2.33. The molecule has 1 fully saturated rings. The van der Waals surface area contributed by atoms with Gasteiger partial charge in [-0.2, -0.15) is 0 Å². The summed E-state index contributed by atoms with van der Waals surface area (Å²) in [6, 6.07) is 7.75. The van der Waals surface area contributed by atoms with Crippen molar-refractivity contribution in [1.82, 2.24) is 19.3 Å². The number of allylic oxidation sites excluding steroid dienone is 2. The van der Waals surface area contributed by atoms with E-state index in [1.807, 2.05) is 28.8 Å². The SMILES string of the molecule is O=c1cc(-c2ccc(NC3C=CC(C4CCN(CCF)CC4)=CC3)c3nccn23)cc[nH]1. The minimum Gasteiger partial charge on any atom is -0.376 e. The average Bonchev–Trinajstić information content (AvgIpc) is 3.31. The maximum atomic E-state index is 12.6. The third kappa shape index (κ3) is 4.25. The molecular weight excluding hydrogens is 405 g/mol. The molecule has 1 aliphatic carbocycles. The molecular formula is C25H28FN5O. The molecule has 0 saturated carbocycles. The molecule has 1 unspecified atom stereocenters. The summed E-state index contributed by atoms with van der Waals surface area (Å²) >= 11 is 0. The number of piperidine rings is 1. The lowest BCUT2D eigenvalue weighted by atomic mass is 9.85. The van der Waals surface area contributed by atoms with Gasteiger partial charge in [-0.25, -0.2) is 9.37 Å². The number of aromatic amines is 1. The number of alkyl halides is 1. The van der Waals surface area contributed by atoms with Crippen molar-refractivity contribution in [2.75, 3.05) is 31.6 Å². The first-order valence-corrected chi connectivity index (χ1v) is 11.3. The number of pyridine rings is 2. The van der Waals surface area contributed by atoms with E-state index in [9.17, 15) is 9.18 Å². The van der Waals surface area contributed by atoms with E-state index >= 15 is 0 Å². The van der Waals surface area contributed by atoms with Crippen molar-refractivity contribution in [2.24, 2.45) is 5.92 Å². The highest BCUT2D eigenvalue weighted by atomic mass is 19.1. The van der Waals surface area contributed by atoms with Crippen LogP contribution in [0.3, 0.4) is 0 Å². The van der Waals surface area contributed by atoms with Crippen molar-refractivity contribution >= 4 is 11.3 Å². The molecule has 0 radical (unpaired) electrons. The Hall–Kier alpha value is -3.19. The fourth-order valence-corrected chi connectivity index (χ4v) is 4.82. The van der Waals surface area contributed by atoms with E-state index in [1.54, 1.807) is 18.5 Å². The summed E-state index contributed by atoms with van der Waals surface area (Å²) in [6.45, 7) is 2.28. The van der Waals surface area contributed by atoms with Crippen LogP contribution in [0.25, 0.3) is 16.9 Å². The first kappa shape index (κ1) is 20.7. The molecule has 3 aromatic heterocycles. The van der Waals surface area contributed by atoms with E-state index < -0.39 is 0 Å². The molecule has 166 valence electrons. The van der Waals surface area contributed by atoms with Crippen molar-refractivity contribution in [3.05, 3.63) is 77.0 Å². The van der Waals surface area contributed by atoms with Crippen molar-refractivity contribution < 1.29 is 4.39 Å². The molecule has 7 heteroatoms. The van der Waals surface area contributed by atoms with Gasteiger partial charge < -0.3 is 15.2 Å². The molecule has 0 aromatic carbocycles. The number of fused-ring (bicyclic) bond motifs is 1. The predicted molar refractivity (Wildman–Crippen MR) is 126 cm³/mol. The van der Waals surface area contributed by atoms with Crippen molar-refractivity contribution in [3.8, 4) is 11.3 Å². The first-order valence-electron chi connectivity index (χ1n) is 11.3. The number of imidazole rings is 1. The second-order valence-electron chi connectivity index (χ2n) is 8.55. The van der Waals surface area contributed by atoms with Gasteiger partial charge >= 0.3 is 0 Å². The highest BCUT2D eigenvalue weighted by Gasteiger charge is 2.23. The summed E-state index contributed by atoms with van der Waals surface area (Å²) in [5.74, 6) is 0.579. The molecule has 2 N–H and O–H groups in total. The second-order valence-corrected chi connectivity index (χ2v) is 8.55. The van der Waals surface area contributed by atoms with Gasteiger partial charge in [0.25, 0.3) is 0 Å². The van der Waals surface area contributed by atoms with Gasteiger partial charge in [0.2, 0.25) is 5.56 Å². The molecule has 6 nitrogen and oxygen atoms in total. The van der Waals surface area contributed by atoms with E-state index in [4.69, 9.17) is 0 Å². The fourth-order valence-electron chi connectivity index (χ4n) is 4.82. The van der Waals surface area contributed by atoms with Crippen LogP contribution in [0.5, 0.6) is 0 Å². The predicted octanol–water partition coefficient (Wildman–Crippen LogP) is 4.04. The first-order chi connectivity index (χ1) is 15.7. The summed E-state index contributed by atoms with van der Waals surface area (Å²) in [5, 5.41) is 3.61. The number of H-pyrrole nitrogens is 1. The second kappa shape index (κ2) is 9.12. The molecule has 0 amide bonds. The third-order valence-corrected chi connectivity index (χ3v) is 6.55. The zero-order valence-corrected chi connectivity index (χ0v) is 18.0. The number of anilines is 1. The Labute approximate surface area is 186 Å². The smallest absolute Gasteiger partial charge is 0.248 e. The van der Waals surface area contributed by atoms with Crippen LogP contribution in [0.1, 0.15) is 19.3 Å². The number of nitrogens with one attached hydrogen (secondary N) is 2. The quantitative estimate of drug-likeness (QED) is 0.616. The number of hydrogen-bond donors (Lipinski definition) is 2. The normalized spacial score (nSPS) is 19.9. The van der Waals surface area contributed by atoms with Crippen LogP contribution in [-0.4, -0.2) is 51.6 Å². The van der Waals surface area contributed by atoms with Crippen LogP contribution >= 0.6 is 0 Å². The van der Waals surface area contributed by atoms with Gasteiger partial charge in [-0.05, 0) is 62.0 Å². The van der Waals surface area contributed by atoms with Gasteiger partial charge in [0.05, 0.1) is 11.4 Å². The molecule has 0 bridgehead atoms. The van der Waals surface area contributed by atoms with Gasteiger partial charge in [-0.1, -0.05) is 18.2 Å². The van der Waals surface area contributed by atoms with E-state index in [-0.39, 0.29) is 18.3 Å². The largest absolute Gasteiger partial charge is 0.376 e. The minimum atomic E-state index is -0.255. The summed E-state index contributed by atoms with van der Waals surface area (Å²) < 4.78 is 14.6. The van der Waals surface area contributed by atoms with Crippen LogP contribution in [0.4, 0.5) is 10.1 Å². The molecule has 4 heterocycles. The zero-order chi connectivity index (χ0) is 21.9. The van der Waals surface area contributed by atoms with E-state index in [0.29, 0.717) is 12.5 Å². The summed E-state index contributed by atoms with van der Waals surface area (Å²) in [4.78, 5) is 21.2. The molecule has 32 heavy (non-hydrogen) atoms. The Bertz CT molecular complexity index is 1200. The molecule has 0 spiro atoms. The van der Waals surface area contributed by atoms with Crippen LogP contribution in [-0.2, 0) is 0 Å². The number of nitrogens with zero attached hydrogens (tertiary/aromatic N) is 3. The van der Waals surface area contributed by atoms with Crippen LogP contribution < -0.4 is 10.9 Å². The van der Waals surface area contributed by atoms with Crippen LogP contribution in [0.15, 0.2) is 71.5 Å². The number of hydrogen-bond acceptors (Lipinski definition) is 4. The summed E-state index contributed by atoms with van der Waals surface area (Å²) in [7, 11) is 0. The highest BCUT2D eigenvalue weighted by molar-refractivity contribution is 5.74. The van der Waals surface area contributed by atoms with E-state index in [0.717, 1.165) is 54.9 Å². The fraction of sp³-hybridized carbons (Fsp3) is 0.360. The summed E-state index contributed by atoms with van der Waals surface area (Å²) in [6.07, 6.45) is 15.3. The van der Waals surface area contributed by atoms with Gasteiger partial charge in [-0.15, -0.1) is 0 Å². The number of rotatable bonds is 6. The van der Waals surface area contributed by atoms with Crippen molar-refractivity contribution in [3.63, 3.8) is 0 Å². The van der Waals surface area contributed by atoms with Gasteiger partial charge in [0.15, 0.2) is 5.65 Å². The maximum absolute atomic E-state index is 12.6. The summed E-state index contributed by atoms with van der Waals surface area (Å²) in [5.41, 5.74) is 4.88. The Balaban J connectivity index is 1.28. The van der Waals surface area contributed by atoms with Crippen molar-refractivity contribution in [2.45, 2.75) is 25.3 Å². The maximum Gasteiger partial charge on any atom is 0.248 e. The Morgan fingerprint density at radius 1 is 1.22 bits per heavy atom. The molecule has 3 aromatic rings.